The predicted octanol–water partition coefficient (Wildman–Crippen LogP) is 0.367. The van der Waals surface area contributed by atoms with Crippen LogP contribution < -0.4 is 5.73 Å². The lowest BCUT2D eigenvalue weighted by atomic mass is 9.75. The van der Waals surface area contributed by atoms with Gasteiger partial charge in [0.2, 0.25) is 0 Å². The van der Waals surface area contributed by atoms with Gasteiger partial charge < -0.3 is 15.6 Å². The Kier molecular flexibility index (Phi) is 3.50. The van der Waals surface area contributed by atoms with Crippen molar-refractivity contribution in [3.05, 3.63) is 0 Å². The molecule has 1 aliphatic rings. The van der Waals surface area contributed by atoms with Gasteiger partial charge in [0.25, 0.3) is 0 Å². The molecule has 0 saturated heterocycles. The van der Waals surface area contributed by atoms with Crippen LogP contribution in [0.4, 0.5) is 0 Å². The molecule has 3 heteroatoms. The van der Waals surface area contributed by atoms with Gasteiger partial charge in [-0.3, -0.25) is 0 Å². The molecule has 0 amide bonds. The quantitative estimate of drug-likeness (QED) is 0.645. The lowest BCUT2D eigenvalue weighted by molar-refractivity contribution is -0.0647. The first-order chi connectivity index (χ1) is 5.69. The molecule has 1 saturated carbocycles. The second kappa shape index (κ2) is 4.21. The Hall–Kier alpha value is -0.120. The van der Waals surface area contributed by atoms with Crippen molar-refractivity contribution in [1.29, 1.82) is 0 Å². The molecule has 0 aliphatic heterocycles. The van der Waals surface area contributed by atoms with E-state index in [1.807, 2.05) is 6.92 Å². The fourth-order valence-corrected chi connectivity index (χ4v) is 1.68. The van der Waals surface area contributed by atoms with Crippen molar-refractivity contribution < 1.29 is 9.84 Å². The first-order valence-electron chi connectivity index (χ1n) is 4.60. The maximum atomic E-state index is 9.72. The summed E-state index contributed by atoms with van der Waals surface area (Å²) in [5.74, 6) is 0.626. The fourth-order valence-electron chi connectivity index (χ4n) is 1.68. The number of methoxy groups -OCH3 is 1. The molecule has 12 heavy (non-hydrogen) atoms. The van der Waals surface area contributed by atoms with E-state index in [1.54, 1.807) is 7.11 Å². The van der Waals surface area contributed by atoms with Gasteiger partial charge in [-0.15, -0.1) is 0 Å². The molecular weight excluding hydrogens is 154 g/mol. The van der Waals surface area contributed by atoms with Crippen molar-refractivity contribution in [2.75, 3.05) is 13.7 Å². The predicted molar refractivity (Wildman–Crippen MR) is 47.7 cm³/mol. The summed E-state index contributed by atoms with van der Waals surface area (Å²) in [6, 6.07) is 0. The van der Waals surface area contributed by atoms with Crippen LogP contribution in [0.2, 0.25) is 0 Å². The van der Waals surface area contributed by atoms with Crippen molar-refractivity contribution in [3.63, 3.8) is 0 Å². The Morgan fingerprint density at radius 3 is 2.58 bits per heavy atom. The van der Waals surface area contributed by atoms with Crippen LogP contribution >= 0.6 is 0 Å². The number of aliphatic hydroxyl groups excluding tert-OH is 1. The van der Waals surface area contributed by atoms with Crippen molar-refractivity contribution in [1.82, 2.24) is 0 Å². The molecule has 0 spiro atoms. The van der Waals surface area contributed by atoms with Crippen LogP contribution in [-0.2, 0) is 4.74 Å². The van der Waals surface area contributed by atoms with E-state index in [9.17, 15) is 5.11 Å². The van der Waals surface area contributed by atoms with Crippen LogP contribution in [0.1, 0.15) is 19.8 Å². The summed E-state index contributed by atoms with van der Waals surface area (Å²) >= 11 is 0. The van der Waals surface area contributed by atoms with E-state index < -0.39 is 0 Å². The van der Waals surface area contributed by atoms with Crippen LogP contribution in [0.15, 0.2) is 0 Å². The number of aliphatic hydroxyl groups is 1. The lowest BCUT2D eigenvalue weighted by Crippen LogP contribution is -2.42. The standard InChI is InChI=1S/C9H19NO2/c1-6(5-10)9(11)7-3-8(4-7)12-2/h6-9,11H,3-5,10H2,1-2H3. The van der Waals surface area contributed by atoms with Gasteiger partial charge in [-0.1, -0.05) is 6.92 Å². The van der Waals surface area contributed by atoms with Crippen molar-refractivity contribution >= 4 is 0 Å². The molecule has 1 fully saturated rings. The normalized spacial score (nSPS) is 34.0. The number of hydrogen-bond acceptors (Lipinski definition) is 3. The highest BCUT2D eigenvalue weighted by Gasteiger charge is 2.36. The van der Waals surface area contributed by atoms with E-state index in [0.29, 0.717) is 18.6 Å². The number of rotatable bonds is 4. The highest BCUT2D eigenvalue weighted by Crippen LogP contribution is 2.34. The molecule has 2 unspecified atom stereocenters. The van der Waals surface area contributed by atoms with Crippen molar-refractivity contribution in [2.45, 2.75) is 32.0 Å². The van der Waals surface area contributed by atoms with Crippen LogP contribution in [0.5, 0.6) is 0 Å². The van der Waals surface area contributed by atoms with Gasteiger partial charge in [0, 0.05) is 7.11 Å². The molecular formula is C9H19NO2. The maximum absolute atomic E-state index is 9.72. The van der Waals surface area contributed by atoms with Gasteiger partial charge in [-0.25, -0.2) is 0 Å². The number of nitrogens with two attached hydrogens (primary N) is 1. The highest BCUT2D eigenvalue weighted by atomic mass is 16.5. The molecule has 0 aromatic heterocycles. The molecule has 3 N–H and O–H groups in total. The lowest BCUT2D eigenvalue weighted by Gasteiger charge is -2.39. The summed E-state index contributed by atoms with van der Waals surface area (Å²) in [4.78, 5) is 0. The minimum Gasteiger partial charge on any atom is -0.393 e. The second-order valence-corrected chi connectivity index (χ2v) is 3.79. The summed E-state index contributed by atoms with van der Waals surface area (Å²) in [5.41, 5.74) is 5.47. The number of ether oxygens (including phenoxy) is 1. The van der Waals surface area contributed by atoms with Crippen LogP contribution in [0.25, 0.3) is 0 Å². The first-order valence-corrected chi connectivity index (χ1v) is 4.60. The molecule has 0 radical (unpaired) electrons. The van der Waals surface area contributed by atoms with Crippen molar-refractivity contribution in [3.8, 4) is 0 Å². The molecule has 0 aromatic rings. The van der Waals surface area contributed by atoms with Gasteiger partial charge in [-0.2, -0.15) is 0 Å². The van der Waals surface area contributed by atoms with E-state index in [-0.39, 0.29) is 12.0 Å². The molecule has 1 rings (SSSR count). The minimum absolute atomic E-state index is 0.216. The summed E-state index contributed by atoms with van der Waals surface area (Å²) in [7, 11) is 1.72. The highest BCUT2D eigenvalue weighted by molar-refractivity contribution is 4.87. The van der Waals surface area contributed by atoms with Gasteiger partial charge in [-0.05, 0) is 31.2 Å². The van der Waals surface area contributed by atoms with Gasteiger partial charge in [0.1, 0.15) is 0 Å². The summed E-state index contributed by atoms with van der Waals surface area (Å²) in [5, 5.41) is 9.72. The molecule has 0 aromatic carbocycles. The third-order valence-corrected chi connectivity index (χ3v) is 2.90. The third kappa shape index (κ3) is 1.97. The first kappa shape index (κ1) is 9.96. The molecule has 0 bridgehead atoms. The van der Waals surface area contributed by atoms with Crippen molar-refractivity contribution in [2.24, 2.45) is 17.6 Å². The van der Waals surface area contributed by atoms with Gasteiger partial charge >= 0.3 is 0 Å². The monoisotopic (exact) mass is 173 g/mol. The third-order valence-electron chi connectivity index (χ3n) is 2.90. The van der Waals surface area contributed by atoms with Gasteiger partial charge in [0.15, 0.2) is 0 Å². The fraction of sp³-hybridized carbons (Fsp3) is 1.00. The Morgan fingerprint density at radius 2 is 2.17 bits per heavy atom. The van der Waals surface area contributed by atoms with Gasteiger partial charge in [0.05, 0.1) is 12.2 Å². The van der Waals surface area contributed by atoms with E-state index in [4.69, 9.17) is 10.5 Å². The zero-order valence-electron chi connectivity index (χ0n) is 7.86. The Morgan fingerprint density at radius 1 is 1.58 bits per heavy atom. The zero-order chi connectivity index (χ0) is 9.14. The average Bonchev–Trinajstić information content (AvgIpc) is 2.01. The number of hydrogen-bond donors (Lipinski definition) is 2. The molecule has 72 valence electrons. The zero-order valence-corrected chi connectivity index (χ0v) is 7.86. The van der Waals surface area contributed by atoms with Crippen LogP contribution in [-0.4, -0.2) is 31.0 Å². The molecule has 2 atom stereocenters. The molecule has 0 heterocycles. The summed E-state index contributed by atoms with van der Waals surface area (Å²) < 4.78 is 5.14. The van der Waals surface area contributed by atoms with E-state index in [1.165, 1.54) is 0 Å². The second-order valence-electron chi connectivity index (χ2n) is 3.79. The SMILES string of the molecule is COC1CC(C(O)C(C)CN)C1. The summed E-state index contributed by atoms with van der Waals surface area (Å²) in [6.07, 6.45) is 2.11. The van der Waals surface area contributed by atoms with E-state index in [0.717, 1.165) is 12.8 Å². The summed E-state index contributed by atoms with van der Waals surface area (Å²) in [6.45, 7) is 2.56. The maximum Gasteiger partial charge on any atom is 0.0607 e. The van der Waals surface area contributed by atoms with E-state index >= 15 is 0 Å². The van der Waals surface area contributed by atoms with E-state index in [2.05, 4.69) is 0 Å². The minimum atomic E-state index is -0.235. The molecule has 3 nitrogen and oxygen atoms in total. The topological polar surface area (TPSA) is 55.5 Å². The van der Waals surface area contributed by atoms with Crippen LogP contribution in [0, 0.1) is 11.8 Å². The largest absolute Gasteiger partial charge is 0.393 e. The van der Waals surface area contributed by atoms with Crippen LogP contribution in [0.3, 0.4) is 0 Å². The average molecular weight is 173 g/mol. The Balaban J connectivity index is 2.23. The Bertz CT molecular complexity index is 134. The molecule has 1 aliphatic carbocycles. The smallest absolute Gasteiger partial charge is 0.0607 e. The Labute approximate surface area is 73.9 Å².